The summed E-state index contributed by atoms with van der Waals surface area (Å²) in [5.74, 6) is 0.892. The van der Waals surface area contributed by atoms with Crippen LogP contribution in [0.2, 0.25) is 5.02 Å². The molecule has 106 valence electrons. The minimum Gasteiger partial charge on any atom is -0.398 e. The molecule has 0 fully saturated rings. The predicted molar refractivity (Wildman–Crippen MR) is 81.4 cm³/mol. The number of nitrogens with two attached hydrogens (primary N) is 1. The third-order valence-electron chi connectivity index (χ3n) is 2.71. The highest BCUT2D eigenvalue weighted by Gasteiger charge is 2.18. The van der Waals surface area contributed by atoms with Gasteiger partial charge in [0.1, 0.15) is 0 Å². The fourth-order valence-electron chi connectivity index (χ4n) is 1.96. The van der Waals surface area contributed by atoms with Gasteiger partial charge in [0.15, 0.2) is 0 Å². The Morgan fingerprint density at radius 3 is 2.16 bits per heavy atom. The van der Waals surface area contributed by atoms with Crippen LogP contribution in [0.15, 0.2) is 18.2 Å². The van der Waals surface area contributed by atoms with Gasteiger partial charge in [-0.1, -0.05) is 39.3 Å². The zero-order valence-electron chi connectivity index (χ0n) is 12.1. The highest BCUT2D eigenvalue weighted by molar-refractivity contribution is 6.33. The first-order valence-electron chi connectivity index (χ1n) is 6.65. The molecule has 0 aliphatic heterocycles. The van der Waals surface area contributed by atoms with Crippen LogP contribution in [0.1, 0.15) is 38.1 Å². The van der Waals surface area contributed by atoms with Gasteiger partial charge < -0.3 is 10.6 Å². The topological polar surface area (TPSA) is 46.3 Å². The second-order valence-corrected chi connectivity index (χ2v) is 6.14. The van der Waals surface area contributed by atoms with Crippen LogP contribution in [0, 0.1) is 11.8 Å². The number of nitrogen functional groups attached to an aromatic ring is 1. The van der Waals surface area contributed by atoms with E-state index in [-0.39, 0.29) is 5.91 Å². The van der Waals surface area contributed by atoms with Crippen LogP contribution in [-0.2, 0) is 0 Å². The Labute approximate surface area is 120 Å². The monoisotopic (exact) mass is 282 g/mol. The van der Waals surface area contributed by atoms with Crippen molar-refractivity contribution in [2.75, 3.05) is 18.8 Å². The highest BCUT2D eigenvalue weighted by Crippen LogP contribution is 2.21. The molecule has 4 heteroatoms. The van der Waals surface area contributed by atoms with E-state index < -0.39 is 0 Å². The number of carbonyl (C=O) groups is 1. The lowest BCUT2D eigenvalue weighted by molar-refractivity contribution is 0.0715. The summed E-state index contributed by atoms with van der Waals surface area (Å²) in [5.41, 5.74) is 6.76. The summed E-state index contributed by atoms with van der Waals surface area (Å²) < 4.78 is 0. The first-order valence-corrected chi connectivity index (χ1v) is 7.03. The van der Waals surface area contributed by atoms with Crippen molar-refractivity contribution in [1.82, 2.24) is 4.90 Å². The third-order valence-corrected chi connectivity index (χ3v) is 3.03. The van der Waals surface area contributed by atoms with E-state index in [2.05, 4.69) is 27.7 Å². The van der Waals surface area contributed by atoms with E-state index in [0.29, 0.717) is 28.1 Å². The van der Waals surface area contributed by atoms with Crippen LogP contribution in [-0.4, -0.2) is 23.9 Å². The smallest absolute Gasteiger partial charge is 0.253 e. The molecule has 0 aliphatic carbocycles. The van der Waals surface area contributed by atoms with E-state index in [9.17, 15) is 4.79 Å². The summed E-state index contributed by atoms with van der Waals surface area (Å²) in [7, 11) is 0. The van der Waals surface area contributed by atoms with E-state index >= 15 is 0 Å². The first-order chi connectivity index (χ1) is 8.81. The van der Waals surface area contributed by atoms with Crippen LogP contribution in [0.25, 0.3) is 0 Å². The number of hydrogen-bond acceptors (Lipinski definition) is 2. The van der Waals surface area contributed by atoms with Crippen molar-refractivity contribution in [3.63, 3.8) is 0 Å². The zero-order valence-corrected chi connectivity index (χ0v) is 12.9. The Balaban J connectivity index is 2.94. The highest BCUT2D eigenvalue weighted by atomic mass is 35.5. The summed E-state index contributed by atoms with van der Waals surface area (Å²) >= 11 is 5.98. The van der Waals surface area contributed by atoms with Gasteiger partial charge in [0.05, 0.1) is 10.7 Å². The Kier molecular flexibility index (Phi) is 5.67. The van der Waals surface area contributed by atoms with Crippen LogP contribution in [0.4, 0.5) is 5.69 Å². The van der Waals surface area contributed by atoms with E-state index in [0.717, 1.165) is 13.1 Å². The van der Waals surface area contributed by atoms with Gasteiger partial charge in [0.25, 0.3) is 5.91 Å². The summed E-state index contributed by atoms with van der Waals surface area (Å²) in [5, 5.41) is 0.430. The van der Waals surface area contributed by atoms with Crippen molar-refractivity contribution >= 4 is 23.2 Å². The van der Waals surface area contributed by atoms with Gasteiger partial charge in [-0.2, -0.15) is 0 Å². The molecule has 1 rings (SSSR count). The summed E-state index contributed by atoms with van der Waals surface area (Å²) in [4.78, 5) is 14.4. The van der Waals surface area contributed by atoms with Gasteiger partial charge in [0, 0.05) is 18.7 Å². The summed E-state index contributed by atoms with van der Waals surface area (Å²) in [6.45, 7) is 9.93. The molecule has 0 aliphatic rings. The summed E-state index contributed by atoms with van der Waals surface area (Å²) in [6.07, 6.45) is 0. The van der Waals surface area contributed by atoms with Gasteiger partial charge in [-0.15, -0.1) is 0 Å². The Hall–Kier alpha value is -1.22. The summed E-state index contributed by atoms with van der Waals surface area (Å²) in [6, 6.07) is 5.06. The average Bonchev–Trinajstić information content (AvgIpc) is 2.29. The zero-order chi connectivity index (χ0) is 14.6. The molecular weight excluding hydrogens is 260 g/mol. The van der Waals surface area contributed by atoms with Gasteiger partial charge in [-0.05, 0) is 30.0 Å². The number of benzene rings is 1. The standard InChI is InChI=1S/C15H23ClN2O/c1-10(2)8-18(9-11(3)4)15(19)12-5-6-14(17)13(16)7-12/h5-7,10-11H,8-9,17H2,1-4H3. The van der Waals surface area contributed by atoms with Gasteiger partial charge in [-0.3, -0.25) is 4.79 Å². The molecule has 0 bridgehead atoms. The number of rotatable bonds is 5. The number of carbonyl (C=O) groups excluding carboxylic acids is 1. The van der Waals surface area contributed by atoms with Crippen LogP contribution < -0.4 is 5.73 Å². The fraction of sp³-hybridized carbons (Fsp3) is 0.533. The average molecular weight is 283 g/mol. The van der Waals surface area contributed by atoms with Crippen molar-refractivity contribution in [2.45, 2.75) is 27.7 Å². The molecular formula is C15H23ClN2O. The number of hydrogen-bond donors (Lipinski definition) is 1. The molecule has 0 radical (unpaired) electrons. The van der Waals surface area contributed by atoms with E-state index in [1.807, 2.05) is 4.90 Å². The molecule has 0 aromatic heterocycles. The van der Waals surface area contributed by atoms with Gasteiger partial charge in [-0.25, -0.2) is 0 Å². The second kappa shape index (κ2) is 6.80. The lowest BCUT2D eigenvalue weighted by atomic mass is 10.1. The maximum atomic E-state index is 12.5. The van der Waals surface area contributed by atoms with Crippen LogP contribution in [0.5, 0.6) is 0 Å². The molecule has 0 unspecified atom stereocenters. The molecule has 0 saturated carbocycles. The minimum atomic E-state index is 0.0179. The molecule has 0 spiro atoms. The predicted octanol–water partition coefficient (Wildman–Crippen LogP) is 3.68. The van der Waals surface area contributed by atoms with Crippen molar-refractivity contribution in [3.05, 3.63) is 28.8 Å². The van der Waals surface area contributed by atoms with E-state index in [1.54, 1.807) is 18.2 Å². The molecule has 1 aromatic rings. The molecule has 0 saturated heterocycles. The molecule has 0 atom stereocenters. The number of anilines is 1. The minimum absolute atomic E-state index is 0.0179. The lowest BCUT2D eigenvalue weighted by Crippen LogP contribution is -2.37. The Morgan fingerprint density at radius 2 is 1.74 bits per heavy atom. The SMILES string of the molecule is CC(C)CN(CC(C)C)C(=O)c1ccc(N)c(Cl)c1. The van der Waals surface area contributed by atoms with Crippen molar-refractivity contribution < 1.29 is 4.79 Å². The number of amides is 1. The van der Waals surface area contributed by atoms with Crippen molar-refractivity contribution in [3.8, 4) is 0 Å². The van der Waals surface area contributed by atoms with Crippen LogP contribution >= 0.6 is 11.6 Å². The van der Waals surface area contributed by atoms with E-state index in [1.165, 1.54) is 0 Å². The van der Waals surface area contributed by atoms with Gasteiger partial charge >= 0.3 is 0 Å². The third kappa shape index (κ3) is 4.75. The fourth-order valence-corrected chi connectivity index (χ4v) is 2.15. The van der Waals surface area contributed by atoms with Crippen LogP contribution in [0.3, 0.4) is 0 Å². The quantitative estimate of drug-likeness (QED) is 0.838. The Bertz CT molecular complexity index is 434. The van der Waals surface area contributed by atoms with E-state index in [4.69, 9.17) is 17.3 Å². The maximum Gasteiger partial charge on any atom is 0.253 e. The Morgan fingerprint density at radius 1 is 1.21 bits per heavy atom. The molecule has 0 heterocycles. The molecule has 3 nitrogen and oxygen atoms in total. The number of nitrogens with zero attached hydrogens (tertiary/aromatic N) is 1. The van der Waals surface area contributed by atoms with Gasteiger partial charge in [0.2, 0.25) is 0 Å². The maximum absolute atomic E-state index is 12.5. The number of halogens is 1. The molecule has 1 amide bonds. The van der Waals surface area contributed by atoms with Crippen molar-refractivity contribution in [2.24, 2.45) is 11.8 Å². The first kappa shape index (κ1) is 15.8. The molecule has 19 heavy (non-hydrogen) atoms. The second-order valence-electron chi connectivity index (χ2n) is 5.73. The largest absolute Gasteiger partial charge is 0.398 e. The molecule has 2 N–H and O–H groups in total. The molecule has 1 aromatic carbocycles. The lowest BCUT2D eigenvalue weighted by Gasteiger charge is -2.26. The normalized spacial score (nSPS) is 11.1. The van der Waals surface area contributed by atoms with Crippen molar-refractivity contribution in [1.29, 1.82) is 0 Å².